The molecule has 0 unspecified atom stereocenters. The fourth-order valence-electron chi connectivity index (χ4n) is 1.59. The number of thiophene rings is 1. The summed E-state index contributed by atoms with van der Waals surface area (Å²) in [6, 6.07) is 4.19. The van der Waals surface area contributed by atoms with E-state index in [-0.39, 0.29) is 0 Å². The molecule has 2 rings (SSSR count). The quantitative estimate of drug-likeness (QED) is 0.916. The Balaban J connectivity index is 1.76. The van der Waals surface area contributed by atoms with Crippen molar-refractivity contribution in [3.8, 4) is 0 Å². The second kappa shape index (κ2) is 5.26. The zero-order chi connectivity index (χ0) is 9.80. The molecule has 0 saturated carbocycles. The zero-order valence-corrected chi connectivity index (χ0v) is 10.4. The van der Waals surface area contributed by atoms with Gasteiger partial charge in [0.05, 0.1) is 16.5 Å². The Bertz CT molecular complexity index is 283. The van der Waals surface area contributed by atoms with E-state index in [9.17, 15) is 0 Å². The summed E-state index contributed by atoms with van der Waals surface area (Å²) < 4.78 is 6.99. The highest BCUT2D eigenvalue weighted by Crippen LogP contribution is 2.23. The average molecular weight is 276 g/mol. The monoisotopic (exact) mass is 275 g/mol. The predicted molar refractivity (Wildman–Crippen MR) is 62.7 cm³/mol. The minimum absolute atomic E-state index is 0.407. The SMILES string of the molecule is Brc1ccc(CO[C@H]2CCCNC2)s1. The maximum absolute atomic E-state index is 5.81. The van der Waals surface area contributed by atoms with Gasteiger partial charge in [-0.2, -0.15) is 0 Å². The van der Waals surface area contributed by atoms with Gasteiger partial charge in [-0.05, 0) is 47.4 Å². The summed E-state index contributed by atoms with van der Waals surface area (Å²) >= 11 is 5.20. The van der Waals surface area contributed by atoms with Crippen LogP contribution in [0.2, 0.25) is 0 Å². The molecule has 1 atom stereocenters. The van der Waals surface area contributed by atoms with Crippen LogP contribution in [0.25, 0.3) is 0 Å². The minimum Gasteiger partial charge on any atom is -0.371 e. The van der Waals surface area contributed by atoms with E-state index in [0.717, 1.165) is 19.7 Å². The predicted octanol–water partition coefficient (Wildman–Crippen LogP) is 2.78. The standard InChI is InChI=1S/C10H14BrNOS/c11-10-4-3-9(14-10)7-13-8-2-1-5-12-6-8/h3-4,8,12H,1-2,5-7H2/t8-/m0/s1. The summed E-state index contributed by atoms with van der Waals surface area (Å²) in [5.74, 6) is 0. The second-order valence-corrected chi connectivity index (χ2v) is 6.03. The third-order valence-corrected chi connectivity index (χ3v) is 3.94. The van der Waals surface area contributed by atoms with Gasteiger partial charge in [-0.25, -0.2) is 0 Å². The van der Waals surface area contributed by atoms with Crippen LogP contribution in [-0.4, -0.2) is 19.2 Å². The van der Waals surface area contributed by atoms with Crippen LogP contribution in [0, 0.1) is 0 Å². The molecular weight excluding hydrogens is 262 g/mol. The van der Waals surface area contributed by atoms with Crippen molar-refractivity contribution < 1.29 is 4.74 Å². The van der Waals surface area contributed by atoms with E-state index in [1.165, 1.54) is 21.5 Å². The molecule has 1 aromatic heterocycles. The highest BCUT2D eigenvalue weighted by molar-refractivity contribution is 9.11. The lowest BCUT2D eigenvalue weighted by Gasteiger charge is -2.22. The van der Waals surface area contributed by atoms with Gasteiger partial charge in [0.2, 0.25) is 0 Å². The first-order valence-electron chi connectivity index (χ1n) is 4.91. The zero-order valence-electron chi connectivity index (χ0n) is 7.96. The van der Waals surface area contributed by atoms with E-state index in [1.54, 1.807) is 11.3 Å². The highest BCUT2D eigenvalue weighted by atomic mass is 79.9. The molecule has 14 heavy (non-hydrogen) atoms. The van der Waals surface area contributed by atoms with Gasteiger partial charge in [0.15, 0.2) is 0 Å². The third-order valence-electron chi connectivity index (χ3n) is 2.34. The molecule has 0 bridgehead atoms. The summed E-state index contributed by atoms with van der Waals surface area (Å²) in [7, 11) is 0. The molecule has 0 aliphatic carbocycles. The number of halogens is 1. The molecule has 0 aromatic carbocycles. The van der Waals surface area contributed by atoms with Crippen LogP contribution < -0.4 is 5.32 Å². The lowest BCUT2D eigenvalue weighted by atomic mass is 10.1. The molecule has 78 valence electrons. The highest BCUT2D eigenvalue weighted by Gasteiger charge is 2.13. The van der Waals surface area contributed by atoms with Gasteiger partial charge in [0.1, 0.15) is 0 Å². The Morgan fingerprint density at radius 3 is 3.14 bits per heavy atom. The lowest BCUT2D eigenvalue weighted by molar-refractivity contribution is 0.0267. The van der Waals surface area contributed by atoms with Crippen LogP contribution >= 0.6 is 27.3 Å². The normalized spacial score (nSPS) is 22.5. The molecule has 1 aliphatic rings. The summed E-state index contributed by atoms with van der Waals surface area (Å²) in [5.41, 5.74) is 0. The largest absolute Gasteiger partial charge is 0.371 e. The van der Waals surface area contributed by atoms with Gasteiger partial charge in [-0.15, -0.1) is 11.3 Å². The topological polar surface area (TPSA) is 21.3 Å². The van der Waals surface area contributed by atoms with Crippen molar-refractivity contribution in [1.82, 2.24) is 5.32 Å². The summed E-state index contributed by atoms with van der Waals surface area (Å²) in [6.45, 7) is 2.90. The van der Waals surface area contributed by atoms with Crippen molar-refractivity contribution in [3.63, 3.8) is 0 Å². The number of hydrogen-bond acceptors (Lipinski definition) is 3. The van der Waals surface area contributed by atoms with E-state index in [1.807, 2.05) is 0 Å². The van der Waals surface area contributed by atoms with Crippen molar-refractivity contribution in [3.05, 3.63) is 20.8 Å². The van der Waals surface area contributed by atoms with E-state index in [4.69, 9.17) is 4.74 Å². The van der Waals surface area contributed by atoms with E-state index in [2.05, 4.69) is 33.4 Å². The lowest BCUT2D eigenvalue weighted by Crippen LogP contribution is -2.35. The second-order valence-electron chi connectivity index (χ2n) is 3.49. The number of hydrogen-bond donors (Lipinski definition) is 1. The van der Waals surface area contributed by atoms with E-state index < -0.39 is 0 Å². The molecule has 2 nitrogen and oxygen atoms in total. The number of nitrogens with one attached hydrogen (secondary N) is 1. The van der Waals surface area contributed by atoms with Crippen molar-refractivity contribution in [2.24, 2.45) is 0 Å². The molecule has 1 fully saturated rings. The van der Waals surface area contributed by atoms with Crippen molar-refractivity contribution in [2.75, 3.05) is 13.1 Å². The molecular formula is C10H14BrNOS. The molecule has 0 amide bonds. The fourth-order valence-corrected chi connectivity index (χ4v) is 3.00. The Morgan fingerprint density at radius 2 is 2.50 bits per heavy atom. The van der Waals surface area contributed by atoms with Crippen molar-refractivity contribution in [1.29, 1.82) is 0 Å². The molecule has 2 heterocycles. The number of rotatable bonds is 3. The first-order chi connectivity index (χ1) is 6.84. The molecule has 1 aliphatic heterocycles. The number of piperidine rings is 1. The van der Waals surface area contributed by atoms with Gasteiger partial charge >= 0.3 is 0 Å². The van der Waals surface area contributed by atoms with Gasteiger partial charge in [0, 0.05) is 11.4 Å². The average Bonchev–Trinajstić information content (AvgIpc) is 2.63. The Hall–Kier alpha value is 0.1000. The summed E-state index contributed by atoms with van der Waals surface area (Å²) in [6.07, 6.45) is 2.84. The maximum atomic E-state index is 5.81. The minimum atomic E-state index is 0.407. The van der Waals surface area contributed by atoms with Crippen LogP contribution in [0.3, 0.4) is 0 Å². The van der Waals surface area contributed by atoms with Crippen LogP contribution in [0.15, 0.2) is 15.9 Å². The molecule has 4 heteroatoms. The number of ether oxygens (including phenoxy) is 1. The fraction of sp³-hybridized carbons (Fsp3) is 0.600. The maximum Gasteiger partial charge on any atom is 0.0814 e. The molecule has 1 aromatic rings. The van der Waals surface area contributed by atoms with Gasteiger partial charge < -0.3 is 10.1 Å². The van der Waals surface area contributed by atoms with Gasteiger partial charge in [0.25, 0.3) is 0 Å². The first-order valence-corrected chi connectivity index (χ1v) is 6.52. The Morgan fingerprint density at radius 1 is 1.57 bits per heavy atom. The smallest absolute Gasteiger partial charge is 0.0814 e. The first kappa shape index (κ1) is 10.6. The summed E-state index contributed by atoms with van der Waals surface area (Å²) in [4.78, 5) is 1.29. The Kier molecular flexibility index (Phi) is 3.99. The van der Waals surface area contributed by atoms with Gasteiger partial charge in [-0.1, -0.05) is 0 Å². The molecule has 1 saturated heterocycles. The third kappa shape index (κ3) is 3.05. The van der Waals surface area contributed by atoms with Crippen molar-refractivity contribution >= 4 is 27.3 Å². The van der Waals surface area contributed by atoms with Gasteiger partial charge in [-0.3, -0.25) is 0 Å². The van der Waals surface area contributed by atoms with Crippen molar-refractivity contribution in [2.45, 2.75) is 25.6 Å². The molecule has 0 radical (unpaired) electrons. The van der Waals surface area contributed by atoms with Crippen LogP contribution in [0.1, 0.15) is 17.7 Å². The van der Waals surface area contributed by atoms with E-state index >= 15 is 0 Å². The summed E-state index contributed by atoms with van der Waals surface area (Å²) in [5, 5.41) is 3.35. The molecule has 0 spiro atoms. The Labute approximate surface area is 96.8 Å². The van der Waals surface area contributed by atoms with Crippen LogP contribution in [0.5, 0.6) is 0 Å². The van der Waals surface area contributed by atoms with E-state index in [0.29, 0.717) is 6.10 Å². The van der Waals surface area contributed by atoms with Crippen LogP contribution in [0.4, 0.5) is 0 Å². The molecule has 1 N–H and O–H groups in total. The van der Waals surface area contributed by atoms with Crippen LogP contribution in [-0.2, 0) is 11.3 Å².